The fourth-order valence-electron chi connectivity index (χ4n) is 4.70. The Morgan fingerprint density at radius 3 is 2.55 bits per heavy atom. The first-order chi connectivity index (χ1) is 15.7. The highest BCUT2D eigenvalue weighted by Crippen LogP contribution is 2.30. The number of piperidine rings is 1. The minimum atomic E-state index is -4.45. The van der Waals surface area contributed by atoms with Gasteiger partial charge in [0.1, 0.15) is 16.5 Å². The summed E-state index contributed by atoms with van der Waals surface area (Å²) in [6, 6.07) is 6.36. The number of carbonyl (C=O) groups is 1. The molecule has 178 valence electrons. The van der Waals surface area contributed by atoms with Crippen LogP contribution in [0, 0.1) is 17.6 Å². The molecule has 2 aromatic carbocycles. The summed E-state index contributed by atoms with van der Waals surface area (Å²) in [7, 11) is -4.45. The van der Waals surface area contributed by atoms with E-state index in [9.17, 15) is 27.1 Å². The van der Waals surface area contributed by atoms with Gasteiger partial charge in [0.05, 0.1) is 11.3 Å². The number of likely N-dealkylation sites (tertiary alicyclic amines) is 1. The monoisotopic (exact) mass is 479 g/mol. The molecule has 1 atom stereocenters. The van der Waals surface area contributed by atoms with Crippen molar-refractivity contribution in [1.29, 1.82) is 0 Å². The van der Waals surface area contributed by atoms with E-state index in [1.54, 1.807) is 6.07 Å². The van der Waals surface area contributed by atoms with Crippen molar-refractivity contribution < 1.29 is 27.1 Å². The minimum absolute atomic E-state index is 0.0366. The molecule has 0 radical (unpaired) electrons. The second-order valence-electron chi connectivity index (χ2n) is 8.68. The molecule has 2 aromatic rings. The maximum Gasteiger partial charge on any atom is 0.337 e. The fourth-order valence-corrected chi connectivity index (χ4v) is 5.84. The summed E-state index contributed by atoms with van der Waals surface area (Å²) in [6.45, 7) is 4.66. The van der Waals surface area contributed by atoms with Gasteiger partial charge in [0.25, 0.3) is 10.0 Å². The molecule has 0 spiro atoms. The molecule has 0 bridgehead atoms. The van der Waals surface area contributed by atoms with Crippen LogP contribution in [0.1, 0.15) is 36.0 Å². The average Bonchev–Trinajstić information content (AvgIpc) is 3.28. The van der Waals surface area contributed by atoms with E-state index in [2.05, 4.69) is 9.62 Å². The Morgan fingerprint density at radius 1 is 1.06 bits per heavy atom. The molecule has 2 aliphatic rings. The van der Waals surface area contributed by atoms with E-state index in [-0.39, 0.29) is 11.3 Å². The van der Waals surface area contributed by atoms with Crippen molar-refractivity contribution in [1.82, 2.24) is 4.90 Å². The van der Waals surface area contributed by atoms with E-state index >= 15 is 0 Å². The molecule has 2 fully saturated rings. The third kappa shape index (κ3) is 5.44. The minimum Gasteiger partial charge on any atom is -0.478 e. The van der Waals surface area contributed by atoms with E-state index < -0.39 is 32.5 Å². The first-order valence-corrected chi connectivity index (χ1v) is 12.5. The second-order valence-corrected chi connectivity index (χ2v) is 10.3. The lowest BCUT2D eigenvalue weighted by Crippen LogP contribution is -2.41. The Balaban J connectivity index is 1.55. The molecule has 0 aromatic heterocycles. The Morgan fingerprint density at radius 2 is 1.82 bits per heavy atom. The van der Waals surface area contributed by atoms with Gasteiger partial charge in [-0.3, -0.25) is 4.72 Å². The van der Waals surface area contributed by atoms with Crippen molar-refractivity contribution in [2.45, 2.75) is 30.6 Å². The first kappa shape index (κ1) is 23.4. The van der Waals surface area contributed by atoms with Gasteiger partial charge >= 0.3 is 5.97 Å². The van der Waals surface area contributed by atoms with Crippen LogP contribution in [0.5, 0.6) is 0 Å². The standard InChI is InChI=1S/C23H27F2N3O4S/c24-17-5-7-20(25)22(12-17)33(31,32)26-18-6-8-21(19(13-18)23(29)30)28-11-3-4-16(15-28)14-27-9-1-2-10-27/h5-8,12-13,16,26H,1-4,9-11,14-15H2,(H,29,30)/t16-/m0/s1. The van der Waals surface area contributed by atoms with Crippen molar-refractivity contribution in [2.24, 2.45) is 5.92 Å². The SMILES string of the molecule is O=C(O)c1cc(NS(=O)(=O)c2cc(F)ccc2F)ccc1N1CCC[C@@H](CN2CCCC2)C1. The van der Waals surface area contributed by atoms with Crippen molar-refractivity contribution in [3.63, 3.8) is 0 Å². The molecule has 33 heavy (non-hydrogen) atoms. The van der Waals surface area contributed by atoms with E-state index in [4.69, 9.17) is 0 Å². The summed E-state index contributed by atoms with van der Waals surface area (Å²) in [5, 5.41) is 9.79. The topological polar surface area (TPSA) is 89.9 Å². The zero-order chi connectivity index (χ0) is 23.6. The van der Waals surface area contributed by atoms with Gasteiger partial charge in [-0.25, -0.2) is 22.0 Å². The number of hydrogen-bond acceptors (Lipinski definition) is 5. The number of benzene rings is 2. The molecular formula is C23H27F2N3O4S. The molecule has 4 rings (SSSR count). The van der Waals surface area contributed by atoms with Crippen LogP contribution in [0.4, 0.5) is 20.2 Å². The van der Waals surface area contributed by atoms with Crippen molar-refractivity contribution >= 4 is 27.4 Å². The zero-order valence-corrected chi connectivity index (χ0v) is 19.0. The fraction of sp³-hybridized carbons (Fsp3) is 0.435. The Hall–Kier alpha value is -2.72. The van der Waals surface area contributed by atoms with Gasteiger partial charge in [-0.15, -0.1) is 0 Å². The number of sulfonamides is 1. The molecule has 7 nitrogen and oxygen atoms in total. The first-order valence-electron chi connectivity index (χ1n) is 11.1. The van der Waals surface area contributed by atoms with Crippen LogP contribution < -0.4 is 9.62 Å². The predicted molar refractivity (Wildman–Crippen MR) is 121 cm³/mol. The summed E-state index contributed by atoms with van der Waals surface area (Å²) in [6.07, 6.45) is 4.48. The number of carboxylic acid groups (broad SMARTS) is 1. The van der Waals surface area contributed by atoms with Gasteiger partial charge in [-0.2, -0.15) is 0 Å². The third-order valence-corrected chi connectivity index (χ3v) is 7.63. The van der Waals surface area contributed by atoms with Crippen molar-refractivity contribution in [3.8, 4) is 0 Å². The van der Waals surface area contributed by atoms with Gasteiger partial charge in [0, 0.05) is 25.3 Å². The highest BCUT2D eigenvalue weighted by Gasteiger charge is 2.27. The van der Waals surface area contributed by atoms with Crippen LogP contribution in [0.2, 0.25) is 0 Å². The Kier molecular flexibility index (Phi) is 6.85. The number of nitrogens with one attached hydrogen (secondary N) is 1. The number of aromatic carboxylic acids is 1. The molecule has 2 saturated heterocycles. The quantitative estimate of drug-likeness (QED) is 0.628. The molecular weight excluding hydrogens is 452 g/mol. The molecule has 2 aliphatic heterocycles. The lowest BCUT2D eigenvalue weighted by Gasteiger charge is -2.36. The molecule has 2 N–H and O–H groups in total. The lowest BCUT2D eigenvalue weighted by molar-refractivity contribution is 0.0697. The molecule has 0 unspecified atom stereocenters. The van der Waals surface area contributed by atoms with Crippen LogP contribution in [0.3, 0.4) is 0 Å². The lowest BCUT2D eigenvalue weighted by atomic mass is 9.96. The van der Waals surface area contributed by atoms with Crippen LogP contribution in [-0.4, -0.2) is 57.1 Å². The number of rotatable bonds is 7. The summed E-state index contributed by atoms with van der Waals surface area (Å²) >= 11 is 0. The number of halogens is 2. The predicted octanol–water partition coefficient (Wildman–Crippen LogP) is 3.78. The number of hydrogen-bond donors (Lipinski definition) is 2. The molecule has 2 heterocycles. The van der Waals surface area contributed by atoms with Gasteiger partial charge < -0.3 is 14.9 Å². The normalized spacial score (nSPS) is 19.6. The van der Waals surface area contributed by atoms with Crippen LogP contribution in [0.25, 0.3) is 0 Å². The van der Waals surface area contributed by atoms with E-state index in [0.29, 0.717) is 17.7 Å². The van der Waals surface area contributed by atoms with Crippen molar-refractivity contribution in [2.75, 3.05) is 42.3 Å². The maximum absolute atomic E-state index is 14.0. The molecule has 0 amide bonds. The van der Waals surface area contributed by atoms with Crippen LogP contribution >= 0.6 is 0 Å². The number of carboxylic acids is 1. The zero-order valence-electron chi connectivity index (χ0n) is 18.1. The second kappa shape index (κ2) is 9.64. The Labute approximate surface area is 192 Å². The highest BCUT2D eigenvalue weighted by atomic mass is 32.2. The van der Waals surface area contributed by atoms with Crippen LogP contribution in [0.15, 0.2) is 41.3 Å². The van der Waals surface area contributed by atoms with Crippen molar-refractivity contribution in [3.05, 3.63) is 53.6 Å². The maximum atomic E-state index is 14.0. The van der Waals surface area contributed by atoms with E-state index in [1.807, 2.05) is 4.90 Å². The molecule has 10 heteroatoms. The Bertz CT molecular complexity index is 1140. The smallest absolute Gasteiger partial charge is 0.337 e. The van der Waals surface area contributed by atoms with Gasteiger partial charge in [-0.1, -0.05) is 0 Å². The number of anilines is 2. The number of nitrogens with zero attached hydrogens (tertiary/aromatic N) is 2. The highest BCUT2D eigenvalue weighted by molar-refractivity contribution is 7.92. The van der Waals surface area contributed by atoms with E-state index in [1.165, 1.54) is 25.0 Å². The van der Waals surface area contributed by atoms with Gasteiger partial charge in [0.15, 0.2) is 0 Å². The van der Waals surface area contributed by atoms with E-state index in [0.717, 1.165) is 57.7 Å². The average molecular weight is 480 g/mol. The van der Waals surface area contributed by atoms with Crippen LogP contribution in [-0.2, 0) is 10.0 Å². The molecule has 0 saturated carbocycles. The summed E-state index contributed by atoms with van der Waals surface area (Å²) in [5.41, 5.74) is 0.440. The summed E-state index contributed by atoms with van der Waals surface area (Å²) in [4.78, 5) is 15.6. The third-order valence-electron chi connectivity index (χ3n) is 6.24. The largest absolute Gasteiger partial charge is 0.478 e. The summed E-state index contributed by atoms with van der Waals surface area (Å²) < 4.78 is 54.7. The van der Waals surface area contributed by atoms with Gasteiger partial charge in [0.2, 0.25) is 0 Å². The molecule has 0 aliphatic carbocycles. The summed E-state index contributed by atoms with van der Waals surface area (Å²) in [5.74, 6) is -2.75. The van der Waals surface area contributed by atoms with Gasteiger partial charge in [-0.05, 0) is 81.1 Å².